The highest BCUT2D eigenvalue weighted by atomic mass is 15.2. The summed E-state index contributed by atoms with van der Waals surface area (Å²) in [6, 6.07) is 0. The van der Waals surface area contributed by atoms with Crippen molar-refractivity contribution in [3.63, 3.8) is 0 Å². The van der Waals surface area contributed by atoms with Gasteiger partial charge < -0.3 is 5.32 Å². The van der Waals surface area contributed by atoms with Gasteiger partial charge >= 0.3 is 0 Å². The van der Waals surface area contributed by atoms with Crippen LogP contribution < -0.4 is 5.32 Å². The van der Waals surface area contributed by atoms with Crippen molar-refractivity contribution < 1.29 is 0 Å². The van der Waals surface area contributed by atoms with Gasteiger partial charge in [-0.05, 0) is 19.9 Å². The van der Waals surface area contributed by atoms with E-state index in [9.17, 15) is 0 Å². The largest absolute Gasteiger partial charge is 0.313 e. The maximum atomic E-state index is 4.12. The second-order valence-electron chi connectivity index (χ2n) is 3.61. The first kappa shape index (κ1) is 11.0. The van der Waals surface area contributed by atoms with Crippen molar-refractivity contribution in [3.8, 4) is 0 Å². The lowest BCUT2D eigenvalue weighted by Crippen LogP contribution is -2.16. The first-order chi connectivity index (χ1) is 6.72. The summed E-state index contributed by atoms with van der Waals surface area (Å²) < 4.78 is 1.82. The van der Waals surface area contributed by atoms with Gasteiger partial charge in [-0.1, -0.05) is 18.6 Å². The summed E-state index contributed by atoms with van der Waals surface area (Å²) in [6.45, 7) is 6.35. The zero-order valence-electron chi connectivity index (χ0n) is 9.25. The highest BCUT2D eigenvalue weighted by Crippen LogP contribution is 2.03. The third kappa shape index (κ3) is 3.75. The quantitative estimate of drug-likeness (QED) is 0.723. The van der Waals surface area contributed by atoms with E-state index in [0.717, 1.165) is 13.1 Å². The van der Waals surface area contributed by atoms with E-state index in [-0.39, 0.29) is 0 Å². The van der Waals surface area contributed by atoms with E-state index >= 15 is 0 Å². The molecular weight excluding hydrogens is 174 g/mol. The molecule has 0 fully saturated rings. The highest BCUT2D eigenvalue weighted by molar-refractivity contribution is 5.50. The monoisotopic (exact) mass is 193 g/mol. The van der Waals surface area contributed by atoms with Crippen molar-refractivity contribution in [2.75, 3.05) is 13.1 Å². The number of hydrogen-bond acceptors (Lipinski definition) is 2. The van der Waals surface area contributed by atoms with E-state index in [1.54, 1.807) is 0 Å². The normalized spacial score (nSPS) is 12.1. The standard InChI is InChI=1S/C11H19N3/c1-4-5-12-7-10(2)6-11-8-13-14(3)9-11/h6,8-9,12H,4-5,7H2,1-3H3. The van der Waals surface area contributed by atoms with Gasteiger partial charge in [-0.25, -0.2) is 0 Å². The molecule has 3 nitrogen and oxygen atoms in total. The number of nitrogens with one attached hydrogen (secondary N) is 1. The van der Waals surface area contributed by atoms with Gasteiger partial charge in [0.2, 0.25) is 0 Å². The molecule has 1 N–H and O–H groups in total. The molecule has 0 aliphatic rings. The number of aromatic nitrogens is 2. The molecule has 0 aromatic carbocycles. The lowest BCUT2D eigenvalue weighted by molar-refractivity contribution is 0.715. The maximum Gasteiger partial charge on any atom is 0.0562 e. The molecule has 0 unspecified atom stereocenters. The van der Waals surface area contributed by atoms with E-state index < -0.39 is 0 Å². The van der Waals surface area contributed by atoms with Crippen LogP contribution in [0.2, 0.25) is 0 Å². The summed E-state index contributed by atoms with van der Waals surface area (Å²) in [6.07, 6.45) is 7.24. The Bertz CT molecular complexity index is 299. The fourth-order valence-electron chi connectivity index (χ4n) is 1.31. The molecule has 0 aliphatic carbocycles. The van der Waals surface area contributed by atoms with Crippen molar-refractivity contribution in [1.29, 1.82) is 0 Å². The summed E-state index contributed by atoms with van der Waals surface area (Å²) in [5.74, 6) is 0. The smallest absolute Gasteiger partial charge is 0.0562 e. The van der Waals surface area contributed by atoms with Crippen LogP contribution in [0.3, 0.4) is 0 Å². The molecule has 1 aromatic heterocycles. The molecule has 0 saturated heterocycles. The van der Waals surface area contributed by atoms with Gasteiger partial charge in [0.25, 0.3) is 0 Å². The molecule has 0 atom stereocenters. The molecule has 0 amide bonds. The Morgan fingerprint density at radius 3 is 3.00 bits per heavy atom. The van der Waals surface area contributed by atoms with Crippen molar-refractivity contribution >= 4 is 6.08 Å². The molecule has 0 spiro atoms. The van der Waals surface area contributed by atoms with Gasteiger partial charge in [0.05, 0.1) is 6.20 Å². The van der Waals surface area contributed by atoms with Crippen LogP contribution in [0.1, 0.15) is 25.8 Å². The van der Waals surface area contributed by atoms with E-state index in [4.69, 9.17) is 0 Å². The number of hydrogen-bond donors (Lipinski definition) is 1. The van der Waals surface area contributed by atoms with Crippen molar-refractivity contribution in [1.82, 2.24) is 15.1 Å². The minimum Gasteiger partial charge on any atom is -0.313 e. The fourth-order valence-corrected chi connectivity index (χ4v) is 1.31. The first-order valence-corrected chi connectivity index (χ1v) is 5.09. The number of rotatable bonds is 5. The Labute approximate surface area is 85.8 Å². The average molecular weight is 193 g/mol. The second kappa shape index (κ2) is 5.60. The molecular formula is C11H19N3. The van der Waals surface area contributed by atoms with Crippen LogP contribution in [0, 0.1) is 0 Å². The van der Waals surface area contributed by atoms with E-state index in [1.165, 1.54) is 17.6 Å². The molecule has 1 heterocycles. The molecule has 14 heavy (non-hydrogen) atoms. The summed E-state index contributed by atoms with van der Waals surface area (Å²) in [5.41, 5.74) is 2.51. The summed E-state index contributed by atoms with van der Waals surface area (Å²) in [4.78, 5) is 0. The Hall–Kier alpha value is -1.09. The molecule has 3 heteroatoms. The van der Waals surface area contributed by atoms with E-state index in [2.05, 4.69) is 30.3 Å². The van der Waals surface area contributed by atoms with Gasteiger partial charge in [0.1, 0.15) is 0 Å². The number of nitrogens with zero attached hydrogens (tertiary/aromatic N) is 2. The lowest BCUT2D eigenvalue weighted by atomic mass is 10.2. The molecule has 0 aliphatic heterocycles. The Balaban J connectivity index is 2.43. The Morgan fingerprint density at radius 1 is 1.64 bits per heavy atom. The summed E-state index contributed by atoms with van der Waals surface area (Å²) in [5, 5.41) is 7.48. The van der Waals surface area contributed by atoms with Gasteiger partial charge in [-0.15, -0.1) is 0 Å². The van der Waals surface area contributed by atoms with Crippen molar-refractivity contribution in [2.45, 2.75) is 20.3 Å². The fraction of sp³-hybridized carbons (Fsp3) is 0.545. The van der Waals surface area contributed by atoms with Crippen molar-refractivity contribution in [3.05, 3.63) is 23.5 Å². The van der Waals surface area contributed by atoms with Crippen LogP contribution in [-0.4, -0.2) is 22.9 Å². The van der Waals surface area contributed by atoms with Crippen LogP contribution in [0.5, 0.6) is 0 Å². The molecule has 0 bridgehead atoms. The van der Waals surface area contributed by atoms with Crippen LogP contribution in [0.25, 0.3) is 6.08 Å². The van der Waals surface area contributed by atoms with Crippen LogP contribution in [0.15, 0.2) is 18.0 Å². The minimum atomic E-state index is 0.961. The average Bonchev–Trinajstić information content (AvgIpc) is 2.52. The minimum absolute atomic E-state index is 0.961. The predicted octanol–water partition coefficient (Wildman–Crippen LogP) is 1.82. The van der Waals surface area contributed by atoms with Gasteiger partial charge in [0.15, 0.2) is 0 Å². The van der Waals surface area contributed by atoms with Crippen molar-refractivity contribution in [2.24, 2.45) is 7.05 Å². The van der Waals surface area contributed by atoms with Crippen LogP contribution >= 0.6 is 0 Å². The topological polar surface area (TPSA) is 29.9 Å². The second-order valence-corrected chi connectivity index (χ2v) is 3.61. The highest BCUT2D eigenvalue weighted by Gasteiger charge is 1.93. The maximum absolute atomic E-state index is 4.12. The van der Waals surface area contributed by atoms with E-state index in [0.29, 0.717) is 0 Å². The Kier molecular flexibility index (Phi) is 4.40. The molecule has 1 rings (SSSR count). The SMILES string of the molecule is CCCNCC(C)=Cc1cnn(C)c1. The van der Waals surface area contributed by atoms with Gasteiger partial charge in [-0.2, -0.15) is 5.10 Å². The molecule has 1 aromatic rings. The third-order valence-electron chi connectivity index (χ3n) is 1.97. The molecule has 0 saturated carbocycles. The van der Waals surface area contributed by atoms with Gasteiger partial charge in [-0.3, -0.25) is 4.68 Å². The molecule has 0 radical (unpaired) electrons. The number of aryl methyl sites for hydroxylation is 1. The summed E-state index contributed by atoms with van der Waals surface area (Å²) >= 11 is 0. The molecule has 78 valence electrons. The van der Waals surface area contributed by atoms with Crippen LogP contribution in [-0.2, 0) is 7.05 Å². The summed E-state index contributed by atoms with van der Waals surface area (Å²) in [7, 11) is 1.93. The van der Waals surface area contributed by atoms with Crippen LogP contribution in [0.4, 0.5) is 0 Å². The van der Waals surface area contributed by atoms with Gasteiger partial charge in [0, 0.05) is 25.4 Å². The third-order valence-corrected chi connectivity index (χ3v) is 1.97. The lowest BCUT2D eigenvalue weighted by Gasteiger charge is -2.01. The first-order valence-electron chi connectivity index (χ1n) is 5.09. The predicted molar refractivity (Wildman–Crippen MR) is 60.0 cm³/mol. The Morgan fingerprint density at radius 2 is 2.43 bits per heavy atom. The van der Waals surface area contributed by atoms with E-state index in [1.807, 2.05) is 24.1 Å². The zero-order valence-corrected chi connectivity index (χ0v) is 9.25. The zero-order chi connectivity index (χ0) is 10.4.